The van der Waals surface area contributed by atoms with E-state index < -0.39 is 10.8 Å². The van der Waals surface area contributed by atoms with Crippen molar-refractivity contribution in [1.82, 2.24) is 0 Å². The molecule has 0 saturated carbocycles. The second kappa shape index (κ2) is 6.44. The summed E-state index contributed by atoms with van der Waals surface area (Å²) in [4.78, 5) is 12.7. The fourth-order valence-electron chi connectivity index (χ4n) is 1.78. The number of Topliss-reactive ketones (excluding diaryl/α,β-unsaturated/α-hetero) is 1. The maximum absolute atomic E-state index is 12.5. The van der Waals surface area contributed by atoms with Gasteiger partial charge in [-0.25, -0.2) is 4.21 Å². The lowest BCUT2D eigenvalue weighted by Gasteiger charge is -2.05. The summed E-state index contributed by atoms with van der Waals surface area (Å²) in [7, 11) is -1.45. The number of benzene rings is 2. The molecule has 0 aliphatic rings. The van der Waals surface area contributed by atoms with E-state index in [4.69, 9.17) is 0 Å². The zero-order valence-corrected chi connectivity index (χ0v) is 12.3. The van der Waals surface area contributed by atoms with Crippen LogP contribution in [0.4, 0.5) is 0 Å². The van der Waals surface area contributed by atoms with Crippen LogP contribution >= 0.6 is 0 Å². The summed E-state index contributed by atoms with van der Waals surface area (Å²) >= 11 is 0. The molecule has 0 aliphatic carbocycles. The molecule has 0 N–H and O–H groups in total. The Labute approximate surface area is 121 Å². The molecule has 2 rings (SSSR count). The van der Waals surface area contributed by atoms with Gasteiger partial charge in [0.25, 0.3) is 0 Å². The minimum Gasteiger partial charge on any atom is -0.294 e. The van der Waals surface area contributed by atoms with Gasteiger partial charge in [0.2, 0.25) is 0 Å². The Morgan fingerprint density at radius 1 is 1.00 bits per heavy atom. The monoisotopic (exact) mass is 284 g/mol. The van der Waals surface area contributed by atoms with Gasteiger partial charge in [0.05, 0.1) is 15.7 Å². The van der Waals surface area contributed by atoms with Crippen LogP contribution in [0.5, 0.6) is 0 Å². The Morgan fingerprint density at radius 2 is 1.60 bits per heavy atom. The molecule has 1 atom stereocenters. The first-order valence-electron chi connectivity index (χ1n) is 6.34. The van der Waals surface area contributed by atoms with Crippen molar-refractivity contribution in [2.75, 3.05) is 0 Å². The smallest absolute Gasteiger partial charge is 0.169 e. The van der Waals surface area contributed by atoms with Crippen molar-refractivity contribution in [1.29, 1.82) is 0 Å². The summed E-state index contributed by atoms with van der Waals surface area (Å²) in [5.41, 5.74) is 1.97. The highest BCUT2D eigenvalue weighted by atomic mass is 32.2. The van der Waals surface area contributed by atoms with Gasteiger partial charge in [-0.15, -0.1) is 0 Å². The molecular formula is C17H16O2S. The van der Waals surface area contributed by atoms with Crippen LogP contribution in [0, 0.1) is 6.92 Å². The van der Waals surface area contributed by atoms with Crippen molar-refractivity contribution in [2.24, 2.45) is 0 Å². The average Bonchev–Trinajstić information content (AvgIpc) is 2.45. The SMILES string of the molecule is CC(=O)/C(=C\c1ccccc1)[S@@](=O)c1ccc(C)cc1. The van der Waals surface area contributed by atoms with Gasteiger partial charge < -0.3 is 0 Å². The predicted octanol–water partition coefficient (Wildman–Crippen LogP) is 3.73. The topological polar surface area (TPSA) is 34.1 Å². The van der Waals surface area contributed by atoms with Gasteiger partial charge in [0.1, 0.15) is 0 Å². The largest absolute Gasteiger partial charge is 0.294 e. The third-order valence-electron chi connectivity index (χ3n) is 2.88. The Hall–Kier alpha value is -2.00. The molecule has 3 heteroatoms. The highest BCUT2D eigenvalue weighted by Crippen LogP contribution is 2.19. The number of hydrogen-bond acceptors (Lipinski definition) is 2. The molecule has 0 unspecified atom stereocenters. The molecule has 20 heavy (non-hydrogen) atoms. The van der Waals surface area contributed by atoms with E-state index in [0.29, 0.717) is 9.80 Å². The zero-order chi connectivity index (χ0) is 14.5. The highest BCUT2D eigenvalue weighted by molar-refractivity contribution is 7.90. The Bertz CT molecular complexity index is 655. The molecule has 102 valence electrons. The second-order valence-electron chi connectivity index (χ2n) is 4.56. The molecule has 0 heterocycles. The van der Waals surface area contributed by atoms with Crippen molar-refractivity contribution in [3.63, 3.8) is 0 Å². The lowest BCUT2D eigenvalue weighted by Crippen LogP contribution is -2.04. The molecule has 2 nitrogen and oxygen atoms in total. The summed E-state index contributed by atoms with van der Waals surface area (Å²) in [6.45, 7) is 3.42. The molecule has 0 bridgehead atoms. The van der Waals surface area contributed by atoms with E-state index in [1.165, 1.54) is 6.92 Å². The molecule has 0 spiro atoms. The maximum atomic E-state index is 12.5. The predicted molar refractivity (Wildman–Crippen MR) is 82.7 cm³/mol. The summed E-state index contributed by atoms with van der Waals surface area (Å²) in [5, 5.41) is 0. The van der Waals surface area contributed by atoms with E-state index >= 15 is 0 Å². The third-order valence-corrected chi connectivity index (χ3v) is 4.38. The Kier molecular flexibility index (Phi) is 4.64. The first-order chi connectivity index (χ1) is 9.58. The Balaban J connectivity index is 2.39. The molecular weight excluding hydrogens is 268 g/mol. The van der Waals surface area contributed by atoms with Crippen LogP contribution in [-0.4, -0.2) is 9.99 Å². The molecule has 2 aromatic carbocycles. The molecule has 0 fully saturated rings. The van der Waals surface area contributed by atoms with Crippen molar-refractivity contribution in [2.45, 2.75) is 18.7 Å². The van der Waals surface area contributed by atoms with Crippen molar-refractivity contribution in [3.05, 3.63) is 70.6 Å². The maximum Gasteiger partial charge on any atom is 0.169 e. The van der Waals surface area contributed by atoms with Crippen LogP contribution < -0.4 is 0 Å². The van der Waals surface area contributed by atoms with Crippen LogP contribution in [0.3, 0.4) is 0 Å². The first kappa shape index (κ1) is 14.4. The van der Waals surface area contributed by atoms with E-state index in [0.717, 1.165) is 11.1 Å². The van der Waals surface area contributed by atoms with Gasteiger partial charge >= 0.3 is 0 Å². The molecule has 0 aromatic heterocycles. The van der Waals surface area contributed by atoms with Crippen LogP contribution in [0.1, 0.15) is 18.1 Å². The molecule has 0 radical (unpaired) electrons. The fraction of sp³-hybridized carbons (Fsp3) is 0.118. The van der Waals surface area contributed by atoms with E-state index in [1.54, 1.807) is 18.2 Å². The summed E-state index contributed by atoms with van der Waals surface area (Å²) in [6, 6.07) is 16.8. The average molecular weight is 284 g/mol. The standard InChI is InChI=1S/C17H16O2S/c1-13-8-10-16(11-9-13)20(19)17(14(2)18)12-15-6-4-3-5-7-15/h3-12H,1-2H3/b17-12+/t20-/m0/s1. The quantitative estimate of drug-likeness (QED) is 0.802. The van der Waals surface area contributed by atoms with Gasteiger partial charge in [0.15, 0.2) is 5.78 Å². The highest BCUT2D eigenvalue weighted by Gasteiger charge is 2.14. The number of carbonyl (C=O) groups excluding carboxylic acids is 1. The number of ketones is 1. The van der Waals surface area contributed by atoms with Gasteiger partial charge in [0, 0.05) is 4.90 Å². The van der Waals surface area contributed by atoms with Crippen molar-refractivity contribution < 1.29 is 9.00 Å². The number of carbonyl (C=O) groups is 1. The van der Waals surface area contributed by atoms with Gasteiger partial charge in [-0.05, 0) is 37.6 Å². The van der Waals surface area contributed by atoms with E-state index in [-0.39, 0.29) is 5.78 Å². The summed E-state index contributed by atoms with van der Waals surface area (Å²) in [5.74, 6) is -0.173. The lowest BCUT2D eigenvalue weighted by molar-refractivity contribution is -0.112. The third kappa shape index (κ3) is 3.52. The van der Waals surface area contributed by atoms with E-state index in [9.17, 15) is 9.00 Å². The normalized spacial score (nSPS) is 13.0. The Morgan fingerprint density at radius 3 is 2.15 bits per heavy atom. The van der Waals surface area contributed by atoms with Crippen molar-refractivity contribution in [3.8, 4) is 0 Å². The van der Waals surface area contributed by atoms with Gasteiger partial charge in [-0.1, -0.05) is 48.0 Å². The summed E-state index contributed by atoms with van der Waals surface area (Å²) in [6.07, 6.45) is 1.69. The molecule has 0 aliphatic heterocycles. The summed E-state index contributed by atoms with van der Waals surface area (Å²) < 4.78 is 12.5. The van der Waals surface area contributed by atoms with E-state index in [1.807, 2.05) is 49.4 Å². The lowest BCUT2D eigenvalue weighted by atomic mass is 10.2. The second-order valence-corrected chi connectivity index (χ2v) is 6.01. The van der Waals surface area contributed by atoms with Gasteiger partial charge in [-0.2, -0.15) is 0 Å². The molecule has 0 amide bonds. The van der Waals surface area contributed by atoms with Gasteiger partial charge in [-0.3, -0.25) is 4.79 Å². The minimum absolute atomic E-state index is 0.173. The number of rotatable bonds is 4. The number of allylic oxidation sites excluding steroid dienone is 1. The van der Waals surface area contributed by atoms with Crippen LogP contribution in [0.25, 0.3) is 6.08 Å². The van der Waals surface area contributed by atoms with E-state index in [2.05, 4.69) is 0 Å². The van der Waals surface area contributed by atoms with Crippen LogP contribution in [0.2, 0.25) is 0 Å². The minimum atomic E-state index is -1.45. The first-order valence-corrected chi connectivity index (χ1v) is 7.49. The van der Waals surface area contributed by atoms with Crippen LogP contribution in [0.15, 0.2) is 64.4 Å². The fourth-order valence-corrected chi connectivity index (χ4v) is 2.92. The number of aryl methyl sites for hydroxylation is 1. The molecule has 2 aromatic rings. The zero-order valence-electron chi connectivity index (χ0n) is 11.5. The van der Waals surface area contributed by atoms with Crippen molar-refractivity contribution >= 4 is 22.7 Å². The molecule has 0 saturated heterocycles. The van der Waals surface area contributed by atoms with Crippen LogP contribution in [-0.2, 0) is 15.6 Å². The number of hydrogen-bond donors (Lipinski definition) is 0.